The zero-order valence-electron chi connectivity index (χ0n) is 16.1. The Hall–Kier alpha value is -1.43. The van der Waals surface area contributed by atoms with Gasteiger partial charge >= 0.3 is 5.97 Å². The van der Waals surface area contributed by atoms with Gasteiger partial charge in [0, 0.05) is 19.4 Å². The number of carbonyl (C=O) groups excluding carboxylic acids is 1. The van der Waals surface area contributed by atoms with Crippen LogP contribution in [0, 0.1) is 0 Å². The summed E-state index contributed by atoms with van der Waals surface area (Å²) in [6.45, 7) is 10.2. The molecule has 5 nitrogen and oxygen atoms in total. The van der Waals surface area contributed by atoms with Crippen molar-refractivity contribution in [2.24, 2.45) is 0 Å². The van der Waals surface area contributed by atoms with Crippen LogP contribution in [0.4, 0.5) is 0 Å². The van der Waals surface area contributed by atoms with Gasteiger partial charge in [-0.1, -0.05) is 24.3 Å². The average molecular weight is 352 g/mol. The van der Waals surface area contributed by atoms with E-state index >= 15 is 0 Å². The Morgan fingerprint density at radius 1 is 1.08 bits per heavy atom. The number of esters is 1. The topological polar surface area (TPSA) is 65.0 Å². The van der Waals surface area contributed by atoms with Crippen molar-refractivity contribution in [3.63, 3.8) is 0 Å². The maximum Gasteiger partial charge on any atom is 0.335 e. The second-order valence-corrected chi connectivity index (χ2v) is 6.94. The van der Waals surface area contributed by atoms with Gasteiger partial charge in [-0.05, 0) is 52.2 Å². The smallest absolute Gasteiger partial charge is 0.335 e. The van der Waals surface area contributed by atoms with Crippen LogP contribution in [0.25, 0.3) is 0 Å². The summed E-state index contributed by atoms with van der Waals surface area (Å²) in [4.78, 5) is 11.9. The Balaban J connectivity index is 2.55. The predicted molar refractivity (Wildman–Crippen MR) is 97.4 cm³/mol. The fourth-order valence-electron chi connectivity index (χ4n) is 2.46. The fourth-order valence-corrected chi connectivity index (χ4v) is 2.46. The number of ether oxygens (including phenoxy) is 3. The largest absolute Gasteiger partial charge is 0.464 e. The number of hydrogen-bond donors (Lipinski definition) is 1. The number of hydrogen-bond acceptors (Lipinski definition) is 5. The third kappa shape index (κ3) is 9.00. The van der Waals surface area contributed by atoms with Gasteiger partial charge in [0.1, 0.15) is 0 Å². The molecule has 1 aromatic carbocycles. The van der Waals surface area contributed by atoms with E-state index in [2.05, 4.69) is 0 Å². The molecule has 1 N–H and O–H groups in total. The first kappa shape index (κ1) is 21.6. The highest BCUT2D eigenvalue weighted by Gasteiger charge is 2.20. The SMILES string of the molecule is CCOC(=O)[C@H](Cc1ccc(CC[C@@H](O)OC(C)(C)C)cc1)OCC. The van der Waals surface area contributed by atoms with Gasteiger partial charge in [-0.2, -0.15) is 0 Å². The molecule has 25 heavy (non-hydrogen) atoms. The third-order valence-electron chi connectivity index (χ3n) is 3.53. The van der Waals surface area contributed by atoms with Crippen molar-refractivity contribution in [1.29, 1.82) is 0 Å². The first-order valence-corrected chi connectivity index (χ1v) is 8.97. The maximum atomic E-state index is 11.9. The van der Waals surface area contributed by atoms with E-state index in [-0.39, 0.29) is 11.6 Å². The van der Waals surface area contributed by atoms with E-state index in [0.717, 1.165) is 17.5 Å². The van der Waals surface area contributed by atoms with Crippen molar-refractivity contribution in [2.75, 3.05) is 13.2 Å². The molecule has 0 fully saturated rings. The molecule has 0 aliphatic heterocycles. The summed E-state index contributed by atoms with van der Waals surface area (Å²) < 4.78 is 16.0. The van der Waals surface area contributed by atoms with Crippen molar-refractivity contribution in [3.8, 4) is 0 Å². The van der Waals surface area contributed by atoms with Gasteiger partial charge in [0.25, 0.3) is 0 Å². The van der Waals surface area contributed by atoms with Crippen LogP contribution in [0.5, 0.6) is 0 Å². The standard InChI is InChI=1S/C20H32O5/c1-6-23-17(19(22)24-7-2)14-16-10-8-15(9-11-16)12-13-18(21)25-20(3,4)5/h8-11,17-18,21H,6-7,12-14H2,1-5H3/t17-,18-/m0/s1. The number of rotatable bonds is 10. The molecule has 0 aliphatic rings. The molecule has 0 radical (unpaired) electrons. The summed E-state index contributed by atoms with van der Waals surface area (Å²) in [5, 5.41) is 9.90. The predicted octanol–water partition coefficient (Wildman–Crippen LogP) is 3.26. The monoisotopic (exact) mass is 352 g/mol. The highest BCUT2D eigenvalue weighted by Crippen LogP contribution is 2.15. The number of aryl methyl sites for hydroxylation is 1. The van der Waals surface area contributed by atoms with Gasteiger partial charge in [-0.3, -0.25) is 0 Å². The molecule has 1 aromatic rings. The van der Waals surface area contributed by atoms with E-state index < -0.39 is 12.4 Å². The molecule has 0 bridgehead atoms. The van der Waals surface area contributed by atoms with Crippen molar-refractivity contribution < 1.29 is 24.1 Å². The van der Waals surface area contributed by atoms with Crippen molar-refractivity contribution in [2.45, 2.75) is 71.9 Å². The minimum Gasteiger partial charge on any atom is -0.464 e. The Kier molecular flexibility index (Phi) is 9.11. The van der Waals surface area contributed by atoms with Crippen LogP contribution in [-0.4, -0.2) is 42.3 Å². The molecule has 0 aromatic heterocycles. The van der Waals surface area contributed by atoms with Crippen LogP contribution in [0.1, 0.15) is 52.2 Å². The van der Waals surface area contributed by atoms with Gasteiger partial charge in [-0.25, -0.2) is 4.79 Å². The van der Waals surface area contributed by atoms with E-state index in [1.165, 1.54) is 0 Å². The maximum absolute atomic E-state index is 11.9. The minimum atomic E-state index is -0.772. The lowest BCUT2D eigenvalue weighted by Crippen LogP contribution is -2.29. The van der Waals surface area contributed by atoms with E-state index in [1.54, 1.807) is 6.92 Å². The van der Waals surface area contributed by atoms with Crippen molar-refractivity contribution in [1.82, 2.24) is 0 Å². The molecule has 0 saturated heterocycles. The Morgan fingerprint density at radius 2 is 1.68 bits per heavy atom. The molecular formula is C20H32O5. The molecule has 0 amide bonds. The minimum absolute atomic E-state index is 0.323. The summed E-state index contributed by atoms with van der Waals surface area (Å²) >= 11 is 0. The van der Waals surface area contributed by atoms with Gasteiger partial charge in [0.15, 0.2) is 12.4 Å². The molecule has 0 spiro atoms. The van der Waals surface area contributed by atoms with E-state index in [9.17, 15) is 9.90 Å². The third-order valence-corrected chi connectivity index (χ3v) is 3.53. The van der Waals surface area contributed by atoms with Crippen molar-refractivity contribution in [3.05, 3.63) is 35.4 Å². The highest BCUT2D eigenvalue weighted by atomic mass is 16.6. The summed E-state index contributed by atoms with van der Waals surface area (Å²) in [5.41, 5.74) is 1.77. The molecule has 0 saturated carbocycles. The fraction of sp³-hybridized carbons (Fsp3) is 0.650. The van der Waals surface area contributed by atoms with Crippen LogP contribution in [-0.2, 0) is 31.8 Å². The lowest BCUT2D eigenvalue weighted by atomic mass is 10.0. The summed E-state index contributed by atoms with van der Waals surface area (Å²) in [7, 11) is 0. The van der Waals surface area contributed by atoms with Crippen molar-refractivity contribution >= 4 is 5.97 Å². The summed E-state index contributed by atoms with van der Waals surface area (Å²) in [6, 6.07) is 7.98. The Labute approximate surface area is 151 Å². The first-order chi connectivity index (χ1) is 11.7. The lowest BCUT2D eigenvalue weighted by Gasteiger charge is -2.24. The van der Waals surface area contributed by atoms with Crippen LogP contribution < -0.4 is 0 Å². The first-order valence-electron chi connectivity index (χ1n) is 8.97. The van der Waals surface area contributed by atoms with Crippen LogP contribution in [0.15, 0.2) is 24.3 Å². The van der Waals surface area contributed by atoms with Gasteiger partial charge in [0.05, 0.1) is 12.2 Å². The Bertz CT molecular complexity index is 504. The zero-order chi connectivity index (χ0) is 18.9. The summed E-state index contributed by atoms with van der Waals surface area (Å²) in [5.74, 6) is -0.323. The van der Waals surface area contributed by atoms with E-state index in [4.69, 9.17) is 14.2 Å². The average Bonchev–Trinajstić information content (AvgIpc) is 2.52. The molecule has 142 valence electrons. The number of aliphatic hydroxyl groups excluding tert-OH is 1. The molecule has 0 unspecified atom stereocenters. The highest BCUT2D eigenvalue weighted by molar-refractivity contribution is 5.75. The number of carbonyl (C=O) groups is 1. The normalized spacial score (nSPS) is 14.2. The van der Waals surface area contributed by atoms with Gasteiger partial charge in [0.2, 0.25) is 0 Å². The van der Waals surface area contributed by atoms with E-state index in [0.29, 0.717) is 26.1 Å². The van der Waals surface area contributed by atoms with Gasteiger partial charge < -0.3 is 19.3 Å². The number of benzene rings is 1. The second kappa shape index (κ2) is 10.5. The Morgan fingerprint density at radius 3 is 2.20 bits per heavy atom. The lowest BCUT2D eigenvalue weighted by molar-refractivity contribution is -0.167. The molecule has 0 aliphatic carbocycles. The molecule has 1 rings (SSSR count). The molecule has 0 heterocycles. The number of aliphatic hydroxyl groups is 1. The zero-order valence-corrected chi connectivity index (χ0v) is 16.1. The molecular weight excluding hydrogens is 320 g/mol. The van der Waals surface area contributed by atoms with Gasteiger partial charge in [-0.15, -0.1) is 0 Å². The van der Waals surface area contributed by atoms with Crippen LogP contribution >= 0.6 is 0 Å². The van der Waals surface area contributed by atoms with E-state index in [1.807, 2.05) is 52.0 Å². The summed E-state index contributed by atoms with van der Waals surface area (Å²) in [6.07, 6.45) is 0.414. The second-order valence-electron chi connectivity index (χ2n) is 6.94. The quantitative estimate of drug-likeness (QED) is 0.517. The molecule has 5 heteroatoms. The van der Waals surface area contributed by atoms with Crippen LogP contribution in [0.3, 0.4) is 0 Å². The van der Waals surface area contributed by atoms with Crippen LogP contribution in [0.2, 0.25) is 0 Å². The molecule has 2 atom stereocenters.